The summed E-state index contributed by atoms with van der Waals surface area (Å²) in [6, 6.07) is 10.5. The van der Waals surface area contributed by atoms with E-state index in [0.29, 0.717) is 0 Å². The fraction of sp³-hybridized carbons (Fsp3) is 0.312. The van der Waals surface area contributed by atoms with Crippen LogP contribution in [0.1, 0.15) is 13.8 Å². The Kier molecular flexibility index (Phi) is 4.10. The molecule has 0 atom stereocenters. The van der Waals surface area contributed by atoms with Gasteiger partial charge in [0.05, 0.1) is 12.6 Å². The van der Waals surface area contributed by atoms with Crippen molar-refractivity contribution in [3.63, 3.8) is 0 Å². The van der Waals surface area contributed by atoms with Gasteiger partial charge >= 0.3 is 0 Å². The molecule has 1 aliphatic heterocycles. The molecule has 1 aromatic heterocycles. The topological polar surface area (TPSA) is 45.6 Å². The van der Waals surface area contributed by atoms with Gasteiger partial charge in [0.15, 0.2) is 5.96 Å². The highest BCUT2D eigenvalue weighted by Gasteiger charge is 2.07. The zero-order valence-corrected chi connectivity index (χ0v) is 13.0. The number of hydrogen-bond acceptors (Lipinski definition) is 5. The van der Waals surface area contributed by atoms with Gasteiger partial charge in [-0.15, -0.1) is 11.3 Å². The van der Waals surface area contributed by atoms with Gasteiger partial charge in [-0.3, -0.25) is 4.99 Å². The minimum absolute atomic E-state index is 0.207. The number of anilines is 1. The van der Waals surface area contributed by atoms with Crippen molar-refractivity contribution in [2.75, 3.05) is 18.4 Å². The fourth-order valence-corrected chi connectivity index (χ4v) is 2.96. The average molecular weight is 301 g/mol. The van der Waals surface area contributed by atoms with E-state index < -0.39 is 0 Å². The van der Waals surface area contributed by atoms with Crippen molar-refractivity contribution in [1.82, 2.24) is 5.32 Å². The number of hydrogen-bond donors (Lipinski definition) is 2. The highest BCUT2D eigenvalue weighted by atomic mass is 32.1. The number of benzene rings is 1. The van der Waals surface area contributed by atoms with Crippen LogP contribution in [0, 0.1) is 0 Å². The van der Waals surface area contributed by atoms with Crippen molar-refractivity contribution in [3.8, 4) is 16.2 Å². The van der Waals surface area contributed by atoms with Crippen LogP contribution in [-0.2, 0) is 0 Å². The SMILES string of the molecule is CC(C)Oc1csc(-c2ccc(NC3=NCCN3)cc2)c1. The van der Waals surface area contributed by atoms with Crippen molar-refractivity contribution in [2.45, 2.75) is 20.0 Å². The summed E-state index contributed by atoms with van der Waals surface area (Å²) in [5.74, 6) is 1.79. The largest absolute Gasteiger partial charge is 0.490 e. The molecule has 2 aromatic rings. The second kappa shape index (κ2) is 6.18. The first-order valence-corrected chi connectivity index (χ1v) is 7.99. The number of thiophene rings is 1. The molecular formula is C16H19N3OS. The molecule has 0 bridgehead atoms. The molecule has 1 aliphatic rings. The molecule has 0 radical (unpaired) electrons. The molecule has 2 heterocycles. The summed E-state index contributed by atoms with van der Waals surface area (Å²) in [5, 5.41) is 8.52. The summed E-state index contributed by atoms with van der Waals surface area (Å²) < 4.78 is 5.70. The Morgan fingerprint density at radius 3 is 2.76 bits per heavy atom. The van der Waals surface area contributed by atoms with Gasteiger partial charge < -0.3 is 15.4 Å². The first kappa shape index (κ1) is 13.9. The molecule has 0 saturated carbocycles. The molecule has 4 nitrogen and oxygen atoms in total. The van der Waals surface area contributed by atoms with Gasteiger partial charge in [-0.25, -0.2) is 0 Å². The van der Waals surface area contributed by atoms with Crippen LogP contribution in [0.25, 0.3) is 10.4 Å². The van der Waals surface area contributed by atoms with E-state index in [0.717, 1.165) is 30.5 Å². The van der Waals surface area contributed by atoms with Crippen LogP contribution in [0.2, 0.25) is 0 Å². The third kappa shape index (κ3) is 3.55. The lowest BCUT2D eigenvalue weighted by molar-refractivity contribution is 0.243. The Morgan fingerprint density at radius 2 is 2.10 bits per heavy atom. The van der Waals surface area contributed by atoms with E-state index in [1.165, 1.54) is 10.4 Å². The van der Waals surface area contributed by atoms with Gasteiger partial charge in [0.25, 0.3) is 0 Å². The van der Waals surface area contributed by atoms with Crippen LogP contribution in [0.5, 0.6) is 5.75 Å². The zero-order valence-electron chi connectivity index (χ0n) is 12.2. The third-order valence-electron chi connectivity index (χ3n) is 3.05. The lowest BCUT2D eigenvalue weighted by Gasteiger charge is -2.07. The monoisotopic (exact) mass is 301 g/mol. The Labute approximate surface area is 128 Å². The predicted molar refractivity (Wildman–Crippen MR) is 89.4 cm³/mol. The first-order chi connectivity index (χ1) is 10.2. The van der Waals surface area contributed by atoms with Gasteiger partial charge in [0.1, 0.15) is 5.75 Å². The zero-order chi connectivity index (χ0) is 14.7. The highest BCUT2D eigenvalue weighted by Crippen LogP contribution is 2.32. The fourth-order valence-electron chi connectivity index (χ4n) is 2.14. The van der Waals surface area contributed by atoms with E-state index >= 15 is 0 Å². The summed E-state index contributed by atoms with van der Waals surface area (Å²) in [7, 11) is 0. The van der Waals surface area contributed by atoms with Crippen molar-refractivity contribution >= 4 is 23.0 Å². The molecule has 2 N–H and O–H groups in total. The van der Waals surface area contributed by atoms with Crippen molar-refractivity contribution in [3.05, 3.63) is 35.7 Å². The standard InChI is InChI=1S/C16H19N3OS/c1-11(2)20-14-9-15(21-10-14)12-3-5-13(6-4-12)19-16-17-7-8-18-16/h3-6,9-11H,7-8H2,1-2H3,(H2,17,18,19). The van der Waals surface area contributed by atoms with Gasteiger partial charge in [-0.1, -0.05) is 12.1 Å². The summed E-state index contributed by atoms with van der Waals surface area (Å²) in [5.41, 5.74) is 2.24. The quantitative estimate of drug-likeness (QED) is 0.907. The van der Waals surface area contributed by atoms with E-state index in [2.05, 4.69) is 51.3 Å². The summed E-state index contributed by atoms with van der Waals surface area (Å²) in [6.07, 6.45) is 0.207. The Bertz CT molecular complexity index is 631. The Balaban J connectivity index is 1.69. The number of ether oxygens (including phenoxy) is 1. The molecule has 21 heavy (non-hydrogen) atoms. The summed E-state index contributed by atoms with van der Waals surface area (Å²) >= 11 is 1.70. The van der Waals surface area contributed by atoms with Gasteiger partial charge in [0.2, 0.25) is 0 Å². The molecule has 110 valence electrons. The van der Waals surface area contributed by atoms with E-state index in [1.807, 2.05) is 13.8 Å². The highest BCUT2D eigenvalue weighted by molar-refractivity contribution is 7.13. The lowest BCUT2D eigenvalue weighted by atomic mass is 10.2. The van der Waals surface area contributed by atoms with E-state index in [1.54, 1.807) is 11.3 Å². The third-order valence-corrected chi connectivity index (χ3v) is 4.01. The molecule has 0 fully saturated rings. The maximum atomic E-state index is 5.70. The van der Waals surface area contributed by atoms with Crippen LogP contribution in [0.4, 0.5) is 5.69 Å². The van der Waals surface area contributed by atoms with Crippen LogP contribution >= 0.6 is 11.3 Å². The van der Waals surface area contributed by atoms with Crippen LogP contribution in [0.3, 0.4) is 0 Å². The number of nitrogens with one attached hydrogen (secondary N) is 2. The molecule has 0 unspecified atom stereocenters. The molecule has 3 rings (SSSR count). The molecule has 5 heteroatoms. The van der Waals surface area contributed by atoms with Crippen molar-refractivity contribution < 1.29 is 4.74 Å². The van der Waals surface area contributed by atoms with E-state index in [9.17, 15) is 0 Å². The Morgan fingerprint density at radius 1 is 1.29 bits per heavy atom. The maximum absolute atomic E-state index is 5.70. The predicted octanol–water partition coefficient (Wildman–Crippen LogP) is 3.57. The van der Waals surface area contributed by atoms with Crippen LogP contribution in [-0.4, -0.2) is 25.2 Å². The first-order valence-electron chi connectivity index (χ1n) is 7.12. The molecule has 1 aromatic carbocycles. The maximum Gasteiger partial charge on any atom is 0.195 e. The number of nitrogens with zero attached hydrogens (tertiary/aromatic N) is 1. The summed E-state index contributed by atoms with van der Waals surface area (Å²) in [4.78, 5) is 5.54. The van der Waals surface area contributed by atoms with Gasteiger partial charge in [-0.05, 0) is 37.6 Å². The van der Waals surface area contributed by atoms with Crippen LogP contribution < -0.4 is 15.4 Å². The minimum atomic E-state index is 0.207. The summed E-state index contributed by atoms with van der Waals surface area (Å²) in [6.45, 7) is 5.83. The number of rotatable bonds is 4. The second-order valence-electron chi connectivity index (χ2n) is 5.17. The molecule has 0 spiro atoms. The lowest BCUT2D eigenvalue weighted by Crippen LogP contribution is -2.26. The number of guanidine groups is 1. The van der Waals surface area contributed by atoms with E-state index in [-0.39, 0.29) is 6.10 Å². The Hall–Kier alpha value is -2.01. The minimum Gasteiger partial charge on any atom is -0.490 e. The molecule has 0 aliphatic carbocycles. The second-order valence-corrected chi connectivity index (χ2v) is 6.08. The normalized spacial score (nSPS) is 14.0. The number of aliphatic imine (C=N–C) groups is 1. The van der Waals surface area contributed by atoms with Gasteiger partial charge in [-0.2, -0.15) is 0 Å². The van der Waals surface area contributed by atoms with Crippen molar-refractivity contribution in [1.29, 1.82) is 0 Å². The molecular weight excluding hydrogens is 282 g/mol. The van der Waals surface area contributed by atoms with E-state index in [4.69, 9.17) is 4.74 Å². The average Bonchev–Trinajstić information content (AvgIpc) is 3.11. The smallest absolute Gasteiger partial charge is 0.195 e. The van der Waals surface area contributed by atoms with Gasteiger partial charge in [0, 0.05) is 22.5 Å². The molecule has 0 amide bonds. The van der Waals surface area contributed by atoms with Crippen LogP contribution in [0.15, 0.2) is 40.7 Å². The molecule has 0 saturated heterocycles. The van der Waals surface area contributed by atoms with Crippen molar-refractivity contribution in [2.24, 2.45) is 4.99 Å².